The quantitative estimate of drug-likeness (QED) is 0.219. The van der Waals surface area contributed by atoms with Crippen LogP contribution in [0, 0.1) is 5.82 Å². The van der Waals surface area contributed by atoms with Crippen molar-refractivity contribution in [2.45, 2.75) is 45.2 Å². The number of fused-ring (bicyclic) bond motifs is 1. The van der Waals surface area contributed by atoms with Crippen molar-refractivity contribution in [3.8, 4) is 17.2 Å². The number of carbonyl (C=O) groups is 2. The monoisotopic (exact) mass is 582 g/mol. The zero-order valence-corrected chi connectivity index (χ0v) is 22.8. The molecule has 0 aliphatic carbocycles. The van der Waals surface area contributed by atoms with E-state index in [1.54, 1.807) is 12.1 Å². The van der Waals surface area contributed by atoms with E-state index in [9.17, 15) is 27.2 Å². The van der Waals surface area contributed by atoms with Crippen LogP contribution in [-0.4, -0.2) is 26.7 Å². The van der Waals surface area contributed by atoms with Crippen LogP contribution in [0.5, 0.6) is 11.5 Å². The van der Waals surface area contributed by atoms with Crippen molar-refractivity contribution in [2.75, 3.05) is 16.0 Å². The van der Waals surface area contributed by atoms with Gasteiger partial charge in [0.15, 0.2) is 0 Å². The van der Waals surface area contributed by atoms with Crippen molar-refractivity contribution in [1.82, 2.24) is 14.8 Å². The van der Waals surface area contributed by atoms with Gasteiger partial charge in [-0.2, -0.15) is 18.3 Å². The Morgan fingerprint density at radius 3 is 2.52 bits per heavy atom. The molecule has 218 valence electrons. The largest absolute Gasteiger partial charge is 0.457 e. The van der Waals surface area contributed by atoms with Crippen molar-refractivity contribution < 1.29 is 31.9 Å². The minimum absolute atomic E-state index is 0.127. The van der Waals surface area contributed by atoms with E-state index in [1.807, 2.05) is 20.8 Å². The summed E-state index contributed by atoms with van der Waals surface area (Å²) < 4.78 is 63.2. The SMILES string of the molecule is CC(C)(C)c1cc(NC(=O)Nc2ccc(Oc3ccnc4c3CCC(=O)N4)cc2C(F)(F)F)n(-c2cccc(F)c2)n1. The minimum Gasteiger partial charge on any atom is -0.457 e. The van der Waals surface area contributed by atoms with Gasteiger partial charge < -0.3 is 15.4 Å². The molecule has 13 heteroatoms. The highest BCUT2D eigenvalue weighted by molar-refractivity contribution is 6.00. The molecular formula is C29H26F4N6O3. The molecule has 4 aromatic rings. The second-order valence-corrected chi connectivity index (χ2v) is 10.6. The first-order chi connectivity index (χ1) is 19.8. The summed E-state index contributed by atoms with van der Waals surface area (Å²) in [6.45, 7) is 5.68. The predicted molar refractivity (Wildman–Crippen MR) is 148 cm³/mol. The number of hydrogen-bond donors (Lipinski definition) is 3. The molecule has 0 saturated carbocycles. The molecule has 1 aliphatic rings. The maximum Gasteiger partial charge on any atom is 0.418 e. The number of aromatic nitrogens is 3. The molecule has 0 saturated heterocycles. The summed E-state index contributed by atoms with van der Waals surface area (Å²) in [7, 11) is 0. The van der Waals surface area contributed by atoms with Gasteiger partial charge in [0.05, 0.1) is 22.6 Å². The minimum atomic E-state index is -4.84. The Labute approximate surface area is 237 Å². The van der Waals surface area contributed by atoms with E-state index >= 15 is 0 Å². The first-order valence-corrected chi connectivity index (χ1v) is 12.9. The summed E-state index contributed by atoms with van der Waals surface area (Å²) in [6, 6.07) is 10.8. The van der Waals surface area contributed by atoms with Gasteiger partial charge in [-0.25, -0.2) is 18.9 Å². The number of nitrogens with one attached hydrogen (secondary N) is 3. The van der Waals surface area contributed by atoms with Gasteiger partial charge in [-0.1, -0.05) is 26.8 Å². The Balaban J connectivity index is 1.41. The van der Waals surface area contributed by atoms with E-state index in [-0.39, 0.29) is 29.6 Å². The number of alkyl halides is 3. The summed E-state index contributed by atoms with van der Waals surface area (Å²) in [4.78, 5) is 28.7. The van der Waals surface area contributed by atoms with Crippen LogP contribution >= 0.6 is 0 Å². The van der Waals surface area contributed by atoms with Crippen LogP contribution in [0.4, 0.5) is 39.7 Å². The van der Waals surface area contributed by atoms with Crippen molar-refractivity contribution in [3.63, 3.8) is 0 Å². The van der Waals surface area contributed by atoms with E-state index in [0.717, 1.165) is 12.1 Å². The van der Waals surface area contributed by atoms with Gasteiger partial charge in [0, 0.05) is 29.7 Å². The summed E-state index contributed by atoms with van der Waals surface area (Å²) in [6.07, 6.45) is -2.95. The lowest BCUT2D eigenvalue weighted by Crippen LogP contribution is -2.23. The van der Waals surface area contributed by atoms with Crippen molar-refractivity contribution in [1.29, 1.82) is 0 Å². The van der Waals surface area contributed by atoms with Gasteiger partial charge >= 0.3 is 12.2 Å². The second kappa shape index (κ2) is 10.8. The normalized spacial score (nSPS) is 13.3. The van der Waals surface area contributed by atoms with E-state index < -0.39 is 34.7 Å². The number of hydrogen-bond acceptors (Lipinski definition) is 5. The van der Waals surface area contributed by atoms with Gasteiger partial charge in [-0.3, -0.25) is 10.1 Å². The number of nitrogens with zero attached hydrogens (tertiary/aromatic N) is 3. The van der Waals surface area contributed by atoms with Gasteiger partial charge in [0.25, 0.3) is 0 Å². The Hall–Kier alpha value is -4.94. The number of rotatable bonds is 5. The standard InChI is InChI=1S/C29H26F4N6O3/c1-28(2,3)23-15-24(39(38-23)17-6-4-5-16(30)13-17)36-27(41)35-21-9-7-18(14-20(21)29(31,32)33)42-22-11-12-34-26-19(22)8-10-25(40)37-26/h4-7,9,11-15H,8,10H2,1-3H3,(H,34,37,40)(H2,35,36,41). The lowest BCUT2D eigenvalue weighted by atomic mass is 9.92. The number of amides is 3. The third kappa shape index (κ3) is 6.19. The fraction of sp³-hybridized carbons (Fsp3) is 0.241. The first-order valence-electron chi connectivity index (χ1n) is 12.9. The molecule has 2 aromatic carbocycles. The zero-order chi connectivity index (χ0) is 30.2. The predicted octanol–water partition coefficient (Wildman–Crippen LogP) is 7.04. The van der Waals surface area contributed by atoms with Crippen LogP contribution in [0.2, 0.25) is 0 Å². The Bertz CT molecular complexity index is 1680. The van der Waals surface area contributed by atoms with E-state index in [0.29, 0.717) is 29.2 Å². The number of halogens is 4. The first kappa shape index (κ1) is 28.6. The number of anilines is 3. The highest BCUT2D eigenvalue weighted by Gasteiger charge is 2.35. The Kier molecular flexibility index (Phi) is 7.35. The van der Waals surface area contributed by atoms with Crippen LogP contribution in [0.1, 0.15) is 44.0 Å². The lowest BCUT2D eigenvalue weighted by Gasteiger charge is -2.20. The fourth-order valence-corrected chi connectivity index (χ4v) is 4.32. The van der Waals surface area contributed by atoms with Crippen LogP contribution < -0.4 is 20.7 Å². The Morgan fingerprint density at radius 1 is 1.02 bits per heavy atom. The second-order valence-electron chi connectivity index (χ2n) is 10.6. The molecule has 3 heterocycles. The maximum absolute atomic E-state index is 14.1. The number of ether oxygens (including phenoxy) is 1. The van der Waals surface area contributed by atoms with Gasteiger partial charge in [-0.05, 0) is 48.9 Å². The van der Waals surface area contributed by atoms with E-state index in [2.05, 4.69) is 26.0 Å². The third-order valence-corrected chi connectivity index (χ3v) is 6.42. The van der Waals surface area contributed by atoms with Gasteiger partial charge in [0.2, 0.25) is 5.91 Å². The third-order valence-electron chi connectivity index (χ3n) is 6.42. The smallest absolute Gasteiger partial charge is 0.418 e. The average Bonchev–Trinajstić information content (AvgIpc) is 3.33. The van der Waals surface area contributed by atoms with Crippen molar-refractivity contribution >= 4 is 29.3 Å². The summed E-state index contributed by atoms with van der Waals surface area (Å²) in [5, 5.41) is 11.9. The average molecular weight is 583 g/mol. The number of benzene rings is 2. The van der Waals surface area contributed by atoms with Crippen LogP contribution in [0.25, 0.3) is 5.69 Å². The van der Waals surface area contributed by atoms with Crippen LogP contribution in [-0.2, 0) is 22.8 Å². The molecule has 3 amide bonds. The molecule has 9 nitrogen and oxygen atoms in total. The molecule has 0 fully saturated rings. The summed E-state index contributed by atoms with van der Waals surface area (Å²) in [5.41, 5.74) is -0.639. The fourth-order valence-electron chi connectivity index (χ4n) is 4.32. The van der Waals surface area contributed by atoms with Crippen LogP contribution in [0.15, 0.2) is 60.8 Å². The lowest BCUT2D eigenvalue weighted by molar-refractivity contribution is -0.137. The molecular weight excluding hydrogens is 556 g/mol. The molecule has 0 atom stereocenters. The molecule has 1 aliphatic heterocycles. The topological polar surface area (TPSA) is 110 Å². The summed E-state index contributed by atoms with van der Waals surface area (Å²) >= 11 is 0. The molecule has 2 aromatic heterocycles. The molecule has 5 rings (SSSR count). The highest BCUT2D eigenvalue weighted by Crippen LogP contribution is 2.39. The van der Waals surface area contributed by atoms with Crippen molar-refractivity contribution in [2.24, 2.45) is 0 Å². The number of urea groups is 1. The summed E-state index contributed by atoms with van der Waals surface area (Å²) in [5.74, 6) is -0.184. The molecule has 42 heavy (non-hydrogen) atoms. The molecule has 0 radical (unpaired) electrons. The van der Waals surface area contributed by atoms with E-state index in [1.165, 1.54) is 41.2 Å². The Morgan fingerprint density at radius 2 is 1.81 bits per heavy atom. The highest BCUT2D eigenvalue weighted by atomic mass is 19.4. The number of pyridine rings is 1. The van der Waals surface area contributed by atoms with Gasteiger partial charge in [-0.15, -0.1) is 0 Å². The molecule has 0 spiro atoms. The molecule has 0 bridgehead atoms. The molecule has 0 unspecified atom stereocenters. The van der Waals surface area contributed by atoms with Crippen molar-refractivity contribution in [3.05, 3.63) is 83.4 Å². The maximum atomic E-state index is 14.1. The zero-order valence-electron chi connectivity index (χ0n) is 22.8. The van der Waals surface area contributed by atoms with Crippen LogP contribution in [0.3, 0.4) is 0 Å². The molecule has 3 N–H and O–H groups in total. The van der Waals surface area contributed by atoms with Gasteiger partial charge in [0.1, 0.15) is 29.0 Å². The number of carbonyl (C=O) groups excluding carboxylic acids is 2. The van der Waals surface area contributed by atoms with E-state index in [4.69, 9.17) is 4.74 Å².